The predicted molar refractivity (Wildman–Crippen MR) is 97.0 cm³/mol. The Morgan fingerprint density at radius 3 is 2.44 bits per heavy atom. The second-order valence-electron chi connectivity index (χ2n) is 5.54. The van der Waals surface area contributed by atoms with Crippen LogP contribution in [0.2, 0.25) is 0 Å². The van der Waals surface area contributed by atoms with E-state index >= 15 is 0 Å². The fourth-order valence-electron chi connectivity index (χ4n) is 2.03. The predicted octanol–water partition coefficient (Wildman–Crippen LogP) is 3.13. The lowest BCUT2D eigenvalue weighted by Gasteiger charge is -2.13. The maximum Gasteiger partial charge on any atom is 0.339 e. The molecule has 0 heterocycles. The van der Waals surface area contributed by atoms with Gasteiger partial charge in [0, 0.05) is 30.8 Å². The summed E-state index contributed by atoms with van der Waals surface area (Å²) in [5.41, 5.74) is 2.16. The second kappa shape index (κ2) is 8.62. The van der Waals surface area contributed by atoms with E-state index in [1.807, 2.05) is 43.3 Å². The molecule has 0 spiro atoms. The highest BCUT2D eigenvalue weighted by Gasteiger charge is 2.14. The van der Waals surface area contributed by atoms with Crippen molar-refractivity contribution in [1.82, 2.24) is 5.32 Å². The second-order valence-corrected chi connectivity index (χ2v) is 6.39. The van der Waals surface area contributed by atoms with Gasteiger partial charge in [0.05, 0.1) is 5.56 Å². The topological polar surface area (TPSA) is 58.6 Å². The minimum Gasteiger partial charge on any atom is -0.452 e. The van der Waals surface area contributed by atoms with Crippen LogP contribution < -0.4 is 10.2 Å². The van der Waals surface area contributed by atoms with Gasteiger partial charge in [-0.3, -0.25) is 4.79 Å². The molecule has 2 rings (SSSR count). The zero-order chi connectivity index (χ0) is 18.4. The van der Waals surface area contributed by atoms with Crippen LogP contribution in [0, 0.1) is 5.82 Å². The molecule has 2 aromatic carbocycles. The highest BCUT2D eigenvalue weighted by Crippen LogP contribution is 2.18. The molecule has 7 heteroatoms. The van der Waals surface area contributed by atoms with E-state index in [9.17, 15) is 14.0 Å². The van der Waals surface area contributed by atoms with E-state index in [1.165, 1.54) is 6.07 Å². The number of halogens is 2. The minimum atomic E-state index is -0.697. The summed E-state index contributed by atoms with van der Waals surface area (Å²) in [5.74, 6) is -1.58. The van der Waals surface area contributed by atoms with E-state index in [0.717, 1.165) is 23.4 Å². The van der Waals surface area contributed by atoms with E-state index < -0.39 is 24.3 Å². The van der Waals surface area contributed by atoms with Crippen LogP contribution in [0.3, 0.4) is 0 Å². The Morgan fingerprint density at radius 2 is 1.84 bits per heavy atom. The van der Waals surface area contributed by atoms with Gasteiger partial charge in [-0.15, -0.1) is 0 Å². The van der Waals surface area contributed by atoms with E-state index in [1.54, 1.807) is 0 Å². The highest BCUT2D eigenvalue weighted by atomic mass is 79.9. The molecule has 25 heavy (non-hydrogen) atoms. The number of nitrogens with zero attached hydrogens (tertiary/aromatic N) is 1. The van der Waals surface area contributed by atoms with Crippen LogP contribution in [-0.2, 0) is 16.1 Å². The molecule has 0 aliphatic carbocycles. The lowest BCUT2D eigenvalue weighted by molar-refractivity contribution is -0.124. The number of esters is 1. The van der Waals surface area contributed by atoms with Gasteiger partial charge in [0.25, 0.3) is 5.91 Å². The first-order valence-corrected chi connectivity index (χ1v) is 8.31. The van der Waals surface area contributed by atoms with Gasteiger partial charge in [0.1, 0.15) is 5.82 Å². The van der Waals surface area contributed by atoms with E-state index in [2.05, 4.69) is 21.2 Å². The Kier molecular flexibility index (Phi) is 6.52. The molecule has 0 radical (unpaired) electrons. The lowest BCUT2D eigenvalue weighted by Crippen LogP contribution is -2.28. The molecule has 2 aromatic rings. The standard InChI is InChI=1S/C18H18BrFN2O3/c1-22(2)14-6-3-12(4-7-14)10-21-17(23)11-25-18(24)15-8-5-13(20)9-16(15)19/h3-9H,10-11H2,1-2H3,(H,21,23). The maximum atomic E-state index is 13.0. The van der Waals surface area contributed by atoms with Gasteiger partial charge in [-0.05, 0) is 51.8 Å². The zero-order valence-electron chi connectivity index (χ0n) is 13.9. The molecule has 0 aliphatic heterocycles. The van der Waals surface area contributed by atoms with E-state index in [4.69, 9.17) is 4.74 Å². The van der Waals surface area contributed by atoms with Gasteiger partial charge >= 0.3 is 5.97 Å². The number of amides is 1. The minimum absolute atomic E-state index is 0.161. The third kappa shape index (κ3) is 5.56. The number of anilines is 1. The molecule has 0 fully saturated rings. The number of ether oxygens (including phenoxy) is 1. The average Bonchev–Trinajstić information content (AvgIpc) is 2.58. The molecular weight excluding hydrogens is 391 g/mol. The summed E-state index contributed by atoms with van der Waals surface area (Å²) in [6.45, 7) is -0.0667. The van der Waals surface area contributed by atoms with Crippen molar-refractivity contribution in [3.8, 4) is 0 Å². The van der Waals surface area contributed by atoms with E-state index in [0.29, 0.717) is 6.54 Å². The highest BCUT2D eigenvalue weighted by molar-refractivity contribution is 9.10. The monoisotopic (exact) mass is 408 g/mol. The molecule has 1 amide bonds. The largest absolute Gasteiger partial charge is 0.452 e. The number of nitrogens with one attached hydrogen (secondary N) is 1. The molecule has 0 bridgehead atoms. The number of hydrogen-bond donors (Lipinski definition) is 1. The molecule has 0 aliphatic rings. The van der Waals surface area contributed by atoms with Crippen molar-refractivity contribution in [2.24, 2.45) is 0 Å². The van der Waals surface area contributed by atoms with Crippen LogP contribution in [0.4, 0.5) is 10.1 Å². The number of carbonyl (C=O) groups excluding carboxylic acids is 2. The molecular formula is C18H18BrFN2O3. The molecule has 0 unspecified atom stereocenters. The third-order valence-corrected chi connectivity index (χ3v) is 4.08. The van der Waals surface area contributed by atoms with Gasteiger partial charge in [-0.2, -0.15) is 0 Å². The van der Waals surface area contributed by atoms with Gasteiger partial charge in [-0.1, -0.05) is 12.1 Å². The third-order valence-electron chi connectivity index (χ3n) is 3.43. The normalized spacial score (nSPS) is 10.2. The Hall–Kier alpha value is -2.41. The number of hydrogen-bond acceptors (Lipinski definition) is 4. The number of rotatable bonds is 6. The van der Waals surface area contributed by atoms with Crippen LogP contribution in [0.25, 0.3) is 0 Å². The molecule has 5 nitrogen and oxygen atoms in total. The van der Waals surface area contributed by atoms with Gasteiger partial charge in [0.2, 0.25) is 0 Å². The van der Waals surface area contributed by atoms with Crippen LogP contribution in [-0.4, -0.2) is 32.6 Å². The van der Waals surface area contributed by atoms with Crippen molar-refractivity contribution >= 4 is 33.5 Å². The summed E-state index contributed by atoms with van der Waals surface area (Å²) in [7, 11) is 3.90. The lowest BCUT2D eigenvalue weighted by atomic mass is 10.2. The van der Waals surface area contributed by atoms with Gasteiger partial charge in [-0.25, -0.2) is 9.18 Å². The van der Waals surface area contributed by atoms with Gasteiger partial charge < -0.3 is 15.0 Å². The zero-order valence-corrected chi connectivity index (χ0v) is 15.5. The fraction of sp³-hybridized carbons (Fsp3) is 0.222. The Bertz CT molecular complexity index is 763. The molecule has 132 valence electrons. The maximum absolute atomic E-state index is 13.0. The summed E-state index contributed by atoms with van der Waals surface area (Å²) in [6, 6.07) is 11.3. The molecule has 0 saturated heterocycles. The van der Waals surface area contributed by atoms with Crippen LogP contribution in [0.15, 0.2) is 46.9 Å². The van der Waals surface area contributed by atoms with Crippen molar-refractivity contribution in [3.05, 3.63) is 63.9 Å². The molecule has 0 saturated carbocycles. The smallest absolute Gasteiger partial charge is 0.339 e. The molecule has 0 aromatic heterocycles. The molecule has 0 atom stereocenters. The average molecular weight is 409 g/mol. The summed E-state index contributed by atoms with van der Waals surface area (Å²) in [6.07, 6.45) is 0. The molecule has 1 N–H and O–H groups in total. The van der Waals surface area contributed by atoms with E-state index in [-0.39, 0.29) is 10.0 Å². The van der Waals surface area contributed by atoms with Crippen LogP contribution in [0.5, 0.6) is 0 Å². The Morgan fingerprint density at radius 1 is 1.16 bits per heavy atom. The van der Waals surface area contributed by atoms with Gasteiger partial charge in [0.15, 0.2) is 6.61 Å². The quantitative estimate of drug-likeness (QED) is 0.745. The SMILES string of the molecule is CN(C)c1ccc(CNC(=O)COC(=O)c2ccc(F)cc2Br)cc1. The van der Waals surface area contributed by atoms with Crippen LogP contribution >= 0.6 is 15.9 Å². The summed E-state index contributed by atoms with van der Waals surface area (Å²) in [5, 5.41) is 2.68. The fourth-order valence-corrected chi connectivity index (χ4v) is 2.54. The van der Waals surface area contributed by atoms with Crippen molar-refractivity contribution in [3.63, 3.8) is 0 Å². The van der Waals surface area contributed by atoms with Crippen molar-refractivity contribution in [2.45, 2.75) is 6.54 Å². The first-order valence-electron chi connectivity index (χ1n) is 7.52. The van der Waals surface area contributed by atoms with Crippen molar-refractivity contribution < 1.29 is 18.7 Å². The van der Waals surface area contributed by atoms with Crippen molar-refractivity contribution in [2.75, 3.05) is 25.6 Å². The van der Waals surface area contributed by atoms with Crippen LogP contribution in [0.1, 0.15) is 15.9 Å². The number of carbonyl (C=O) groups is 2. The first-order chi connectivity index (χ1) is 11.9. The summed E-state index contributed by atoms with van der Waals surface area (Å²) >= 11 is 3.09. The summed E-state index contributed by atoms with van der Waals surface area (Å²) in [4.78, 5) is 25.7. The van der Waals surface area contributed by atoms with Crippen molar-refractivity contribution in [1.29, 1.82) is 0 Å². The first kappa shape index (κ1) is 18.9. The summed E-state index contributed by atoms with van der Waals surface area (Å²) < 4.78 is 18.2. The number of benzene rings is 2. The Balaban J connectivity index is 1.81. The Labute approximate surface area is 153 Å².